The number of furan rings is 1. The minimum atomic E-state index is -0.747. The molecule has 6 nitrogen and oxygen atoms in total. The summed E-state index contributed by atoms with van der Waals surface area (Å²) in [6.45, 7) is 0.709. The highest BCUT2D eigenvalue weighted by Crippen LogP contribution is 2.22. The number of carbonyl (C=O) groups excluding carboxylic acids is 2. The van der Waals surface area contributed by atoms with Crippen molar-refractivity contribution in [2.75, 3.05) is 26.9 Å². The Morgan fingerprint density at radius 1 is 1.00 bits per heavy atom. The first kappa shape index (κ1) is 21.3. The number of hydrogen-bond donors (Lipinski definition) is 0. The molecule has 0 aliphatic heterocycles. The molecule has 0 spiro atoms. The molecule has 0 radical (unpaired) electrons. The summed E-state index contributed by atoms with van der Waals surface area (Å²) < 4.78 is 28.7. The molecule has 3 aromatic rings. The second-order valence-electron chi connectivity index (χ2n) is 6.54. The van der Waals surface area contributed by atoms with Crippen LogP contribution < -0.4 is 0 Å². The summed E-state index contributed by atoms with van der Waals surface area (Å²) >= 11 is 0. The van der Waals surface area contributed by atoms with Gasteiger partial charge in [-0.25, -0.2) is 9.18 Å². The fraction of sp³-hybridized carbons (Fsp3) is 0.217. The maximum atomic E-state index is 13.0. The van der Waals surface area contributed by atoms with Gasteiger partial charge in [-0.15, -0.1) is 0 Å². The number of carbonyl (C=O) groups is 2. The molecular weight excluding hydrogens is 389 g/mol. The largest absolute Gasteiger partial charge is 0.450 e. The maximum absolute atomic E-state index is 13.0. The van der Waals surface area contributed by atoms with Crippen LogP contribution in [0.3, 0.4) is 0 Å². The van der Waals surface area contributed by atoms with E-state index in [1.54, 1.807) is 30.2 Å². The molecule has 1 amide bonds. The Labute approximate surface area is 173 Å². The summed E-state index contributed by atoms with van der Waals surface area (Å²) in [5, 5.41) is 0. The van der Waals surface area contributed by atoms with Crippen LogP contribution in [0.2, 0.25) is 0 Å². The molecule has 0 N–H and O–H groups in total. The van der Waals surface area contributed by atoms with Crippen molar-refractivity contribution in [3.8, 4) is 11.3 Å². The zero-order chi connectivity index (χ0) is 21.3. The van der Waals surface area contributed by atoms with Crippen LogP contribution in [0.15, 0.2) is 71.1 Å². The van der Waals surface area contributed by atoms with Crippen molar-refractivity contribution in [1.82, 2.24) is 4.90 Å². The van der Waals surface area contributed by atoms with Gasteiger partial charge in [-0.2, -0.15) is 0 Å². The van der Waals surface area contributed by atoms with Crippen molar-refractivity contribution in [2.45, 2.75) is 6.54 Å². The number of esters is 1. The first-order chi connectivity index (χ1) is 14.6. The van der Waals surface area contributed by atoms with Crippen LogP contribution >= 0.6 is 0 Å². The molecule has 0 saturated carbocycles. The zero-order valence-corrected chi connectivity index (χ0v) is 16.5. The quantitative estimate of drug-likeness (QED) is 0.499. The first-order valence-corrected chi connectivity index (χ1v) is 9.40. The molecule has 0 aliphatic rings. The van der Waals surface area contributed by atoms with E-state index in [9.17, 15) is 14.0 Å². The summed E-state index contributed by atoms with van der Waals surface area (Å²) in [4.78, 5) is 26.4. The van der Waals surface area contributed by atoms with Crippen LogP contribution in [0.1, 0.15) is 16.1 Å². The lowest BCUT2D eigenvalue weighted by Gasteiger charge is -2.22. The highest BCUT2D eigenvalue weighted by Gasteiger charge is 2.19. The van der Waals surface area contributed by atoms with Gasteiger partial charge in [0, 0.05) is 25.8 Å². The Morgan fingerprint density at radius 2 is 1.73 bits per heavy atom. The molecule has 0 atom stereocenters. The normalized spacial score (nSPS) is 10.6. The summed E-state index contributed by atoms with van der Waals surface area (Å²) in [7, 11) is 1.56. The van der Waals surface area contributed by atoms with Gasteiger partial charge < -0.3 is 18.8 Å². The van der Waals surface area contributed by atoms with Crippen LogP contribution in [0.5, 0.6) is 0 Å². The van der Waals surface area contributed by atoms with E-state index >= 15 is 0 Å². The van der Waals surface area contributed by atoms with Gasteiger partial charge in [-0.1, -0.05) is 30.3 Å². The van der Waals surface area contributed by atoms with Crippen molar-refractivity contribution < 1.29 is 27.9 Å². The molecule has 0 unspecified atom stereocenters. The molecule has 1 aromatic heterocycles. The minimum Gasteiger partial charge on any atom is -0.450 e. The van der Waals surface area contributed by atoms with Gasteiger partial charge in [0.05, 0.1) is 6.61 Å². The lowest BCUT2D eigenvalue weighted by atomic mass is 10.2. The Morgan fingerprint density at radius 3 is 2.43 bits per heavy atom. The number of amides is 1. The predicted octanol–water partition coefficient (Wildman–Crippen LogP) is 3.92. The zero-order valence-electron chi connectivity index (χ0n) is 16.5. The Hall–Kier alpha value is -3.45. The van der Waals surface area contributed by atoms with Gasteiger partial charge in [-0.3, -0.25) is 4.79 Å². The molecule has 30 heavy (non-hydrogen) atoms. The molecule has 156 valence electrons. The number of methoxy groups -OCH3 is 1. The van der Waals surface area contributed by atoms with E-state index in [1.807, 2.05) is 30.3 Å². The lowest BCUT2D eigenvalue weighted by molar-refractivity contribution is -0.135. The second-order valence-corrected chi connectivity index (χ2v) is 6.54. The van der Waals surface area contributed by atoms with Crippen molar-refractivity contribution in [2.24, 2.45) is 0 Å². The number of ether oxygens (including phenoxy) is 2. The number of hydrogen-bond acceptors (Lipinski definition) is 5. The van der Waals surface area contributed by atoms with E-state index in [2.05, 4.69) is 0 Å². The first-order valence-electron chi connectivity index (χ1n) is 9.40. The number of rotatable bonds is 9. The summed E-state index contributed by atoms with van der Waals surface area (Å²) in [5.74, 6) is -1.08. The number of halogens is 1. The minimum absolute atomic E-state index is 0.0337. The molecule has 0 aliphatic carbocycles. The monoisotopic (exact) mass is 411 g/mol. The molecule has 0 saturated heterocycles. The Kier molecular flexibility index (Phi) is 7.34. The van der Waals surface area contributed by atoms with E-state index in [0.717, 1.165) is 5.56 Å². The van der Waals surface area contributed by atoms with Crippen molar-refractivity contribution in [1.29, 1.82) is 0 Å². The fourth-order valence-electron chi connectivity index (χ4n) is 2.80. The van der Waals surface area contributed by atoms with E-state index in [4.69, 9.17) is 13.9 Å². The van der Waals surface area contributed by atoms with Crippen LogP contribution in [0.25, 0.3) is 11.3 Å². The molecule has 3 rings (SSSR count). The van der Waals surface area contributed by atoms with Gasteiger partial charge in [0.15, 0.2) is 6.61 Å². The van der Waals surface area contributed by atoms with Crippen molar-refractivity contribution >= 4 is 11.9 Å². The third-order valence-corrected chi connectivity index (χ3v) is 4.40. The van der Waals surface area contributed by atoms with E-state index in [-0.39, 0.29) is 17.5 Å². The highest BCUT2D eigenvalue weighted by atomic mass is 19.1. The van der Waals surface area contributed by atoms with Gasteiger partial charge in [0.1, 0.15) is 11.6 Å². The Balaban J connectivity index is 1.59. The van der Waals surface area contributed by atoms with E-state index in [0.29, 0.717) is 31.0 Å². The van der Waals surface area contributed by atoms with Crippen LogP contribution in [0.4, 0.5) is 4.39 Å². The Bertz CT molecular complexity index is 969. The number of benzene rings is 2. The predicted molar refractivity (Wildman–Crippen MR) is 108 cm³/mol. The SMILES string of the molecule is COCCN(Cc1ccccc1)C(=O)COC(=O)c1ccc(-c2ccc(F)cc2)o1. The van der Waals surface area contributed by atoms with Gasteiger partial charge in [0.2, 0.25) is 5.76 Å². The average Bonchev–Trinajstić information content (AvgIpc) is 3.26. The smallest absolute Gasteiger partial charge is 0.374 e. The highest BCUT2D eigenvalue weighted by molar-refractivity contribution is 5.89. The standard InChI is InChI=1S/C23H22FNO5/c1-28-14-13-25(15-17-5-3-2-4-6-17)22(26)16-29-23(27)21-12-11-20(30-21)18-7-9-19(24)10-8-18/h2-12H,13-16H2,1H3. The molecule has 1 heterocycles. The third kappa shape index (κ3) is 5.78. The van der Waals surface area contributed by atoms with E-state index < -0.39 is 12.6 Å². The number of nitrogens with zero attached hydrogens (tertiary/aromatic N) is 1. The van der Waals surface area contributed by atoms with Crippen molar-refractivity contribution in [3.05, 3.63) is 83.9 Å². The molecule has 0 fully saturated rings. The van der Waals surface area contributed by atoms with Crippen molar-refractivity contribution in [3.63, 3.8) is 0 Å². The van der Waals surface area contributed by atoms with Crippen LogP contribution in [-0.4, -0.2) is 43.6 Å². The summed E-state index contributed by atoms with van der Waals surface area (Å²) in [6.07, 6.45) is 0. The fourth-order valence-corrected chi connectivity index (χ4v) is 2.80. The lowest BCUT2D eigenvalue weighted by Crippen LogP contribution is -2.36. The summed E-state index contributed by atoms with van der Waals surface area (Å²) in [6, 6.07) is 18.3. The van der Waals surface area contributed by atoms with Crippen LogP contribution in [-0.2, 0) is 20.8 Å². The topological polar surface area (TPSA) is 69.0 Å². The maximum Gasteiger partial charge on any atom is 0.374 e. The third-order valence-electron chi connectivity index (χ3n) is 4.40. The second kappa shape index (κ2) is 10.4. The molecule has 0 bridgehead atoms. The van der Waals surface area contributed by atoms with Gasteiger partial charge in [0.25, 0.3) is 5.91 Å². The molecule has 7 heteroatoms. The molecular formula is C23H22FNO5. The van der Waals surface area contributed by atoms with E-state index in [1.165, 1.54) is 18.2 Å². The van der Waals surface area contributed by atoms with Crippen LogP contribution in [0, 0.1) is 5.82 Å². The summed E-state index contributed by atoms with van der Waals surface area (Å²) in [5.41, 5.74) is 1.59. The molecule has 2 aromatic carbocycles. The average molecular weight is 411 g/mol. The van der Waals surface area contributed by atoms with Gasteiger partial charge in [-0.05, 0) is 42.0 Å². The van der Waals surface area contributed by atoms with Gasteiger partial charge >= 0.3 is 5.97 Å².